The van der Waals surface area contributed by atoms with Crippen LogP contribution in [0.4, 0.5) is 0 Å². The van der Waals surface area contributed by atoms with Gasteiger partial charge in [0.25, 0.3) is 0 Å². The summed E-state index contributed by atoms with van der Waals surface area (Å²) in [5.41, 5.74) is 0. The Bertz CT molecular complexity index is 223. The van der Waals surface area contributed by atoms with Crippen molar-refractivity contribution in [2.75, 3.05) is 33.0 Å². The van der Waals surface area contributed by atoms with Gasteiger partial charge in [-0.15, -0.1) is 0 Å². The maximum Gasteiger partial charge on any atom is 0.0781 e. The van der Waals surface area contributed by atoms with Crippen LogP contribution in [0.5, 0.6) is 0 Å². The molecule has 5 nitrogen and oxygen atoms in total. The highest BCUT2D eigenvalue weighted by molar-refractivity contribution is 4.56. The van der Waals surface area contributed by atoms with E-state index in [0.29, 0.717) is 26.4 Å². The predicted molar refractivity (Wildman–Crippen MR) is 83.6 cm³/mol. The molecule has 0 aromatic heterocycles. The molecular weight excluding hydrogens is 272 g/mol. The standard InChI is InChI=1S/C16H34O5/c1-6-7-8-18-10-14(3)20-12-16(5)21-11-15(4)19-9-13(2)17/h13-17H,6-12H2,1-5H3. The third-order valence-corrected chi connectivity index (χ3v) is 2.85. The largest absolute Gasteiger partial charge is 0.391 e. The van der Waals surface area contributed by atoms with E-state index < -0.39 is 6.10 Å². The fraction of sp³-hybridized carbons (Fsp3) is 1.00. The van der Waals surface area contributed by atoms with Crippen LogP contribution >= 0.6 is 0 Å². The molecule has 4 atom stereocenters. The third-order valence-electron chi connectivity index (χ3n) is 2.85. The third kappa shape index (κ3) is 14.5. The molecule has 0 radical (unpaired) electrons. The quantitative estimate of drug-likeness (QED) is 0.499. The fourth-order valence-corrected chi connectivity index (χ4v) is 1.54. The van der Waals surface area contributed by atoms with Gasteiger partial charge < -0.3 is 24.1 Å². The lowest BCUT2D eigenvalue weighted by molar-refractivity contribution is -0.0866. The molecule has 0 saturated heterocycles. The first-order chi connectivity index (χ1) is 9.95. The van der Waals surface area contributed by atoms with E-state index in [9.17, 15) is 0 Å². The first-order valence-corrected chi connectivity index (χ1v) is 8.06. The molecule has 0 rings (SSSR count). The fourth-order valence-electron chi connectivity index (χ4n) is 1.54. The highest BCUT2D eigenvalue weighted by Gasteiger charge is 2.10. The summed E-state index contributed by atoms with van der Waals surface area (Å²) in [5, 5.41) is 9.13. The summed E-state index contributed by atoms with van der Waals surface area (Å²) < 4.78 is 22.3. The summed E-state index contributed by atoms with van der Waals surface area (Å²) in [4.78, 5) is 0. The molecule has 0 amide bonds. The topological polar surface area (TPSA) is 57.2 Å². The number of unbranched alkanes of at least 4 members (excludes halogenated alkanes) is 1. The van der Waals surface area contributed by atoms with Gasteiger partial charge in [-0.05, 0) is 34.1 Å². The molecule has 0 aromatic carbocycles. The second kappa shape index (κ2) is 13.5. The first-order valence-electron chi connectivity index (χ1n) is 8.06. The van der Waals surface area contributed by atoms with Gasteiger partial charge in [-0.3, -0.25) is 0 Å². The van der Waals surface area contributed by atoms with E-state index in [0.717, 1.165) is 19.4 Å². The van der Waals surface area contributed by atoms with Crippen LogP contribution < -0.4 is 0 Å². The van der Waals surface area contributed by atoms with Gasteiger partial charge in [0.2, 0.25) is 0 Å². The van der Waals surface area contributed by atoms with Crippen molar-refractivity contribution in [3.8, 4) is 0 Å². The van der Waals surface area contributed by atoms with E-state index in [4.69, 9.17) is 24.1 Å². The molecule has 128 valence electrons. The highest BCUT2D eigenvalue weighted by atomic mass is 16.6. The summed E-state index contributed by atoms with van der Waals surface area (Å²) in [7, 11) is 0. The zero-order chi connectivity index (χ0) is 16.1. The Morgan fingerprint density at radius 3 is 1.71 bits per heavy atom. The van der Waals surface area contributed by atoms with Gasteiger partial charge in [0.1, 0.15) is 0 Å². The van der Waals surface area contributed by atoms with Gasteiger partial charge in [0.15, 0.2) is 0 Å². The second-order valence-electron chi connectivity index (χ2n) is 5.71. The molecule has 5 heteroatoms. The van der Waals surface area contributed by atoms with Crippen molar-refractivity contribution in [2.24, 2.45) is 0 Å². The Morgan fingerprint density at radius 2 is 1.24 bits per heavy atom. The Morgan fingerprint density at radius 1 is 0.762 bits per heavy atom. The minimum Gasteiger partial charge on any atom is -0.391 e. The maximum atomic E-state index is 9.13. The smallest absolute Gasteiger partial charge is 0.0781 e. The summed E-state index contributed by atoms with van der Waals surface area (Å²) in [6, 6.07) is 0. The van der Waals surface area contributed by atoms with Gasteiger partial charge in [0.05, 0.1) is 50.8 Å². The van der Waals surface area contributed by atoms with Gasteiger partial charge >= 0.3 is 0 Å². The zero-order valence-corrected chi connectivity index (χ0v) is 14.3. The molecule has 4 unspecified atom stereocenters. The average Bonchev–Trinajstić information content (AvgIpc) is 2.45. The zero-order valence-electron chi connectivity index (χ0n) is 14.3. The van der Waals surface area contributed by atoms with Gasteiger partial charge in [0, 0.05) is 6.61 Å². The van der Waals surface area contributed by atoms with E-state index in [1.165, 1.54) is 0 Å². The molecule has 21 heavy (non-hydrogen) atoms. The predicted octanol–water partition coefficient (Wildman–Crippen LogP) is 2.40. The van der Waals surface area contributed by atoms with Crippen molar-refractivity contribution in [1.82, 2.24) is 0 Å². The molecule has 0 aliphatic carbocycles. The molecule has 0 aliphatic rings. The first kappa shape index (κ1) is 20.8. The van der Waals surface area contributed by atoms with Crippen LogP contribution in [0.2, 0.25) is 0 Å². The summed E-state index contributed by atoms with van der Waals surface area (Å²) >= 11 is 0. The van der Waals surface area contributed by atoms with Crippen LogP contribution in [-0.4, -0.2) is 62.6 Å². The molecule has 0 aromatic rings. The van der Waals surface area contributed by atoms with Crippen molar-refractivity contribution >= 4 is 0 Å². The van der Waals surface area contributed by atoms with Gasteiger partial charge in [-0.2, -0.15) is 0 Å². The molecule has 0 fully saturated rings. The van der Waals surface area contributed by atoms with E-state index in [-0.39, 0.29) is 18.3 Å². The molecule has 0 aliphatic heterocycles. The summed E-state index contributed by atoms with van der Waals surface area (Å²) in [6.07, 6.45) is 1.86. The van der Waals surface area contributed by atoms with Crippen LogP contribution in [0.15, 0.2) is 0 Å². The van der Waals surface area contributed by atoms with Crippen molar-refractivity contribution in [1.29, 1.82) is 0 Å². The minimum absolute atomic E-state index is 0.0145. The van der Waals surface area contributed by atoms with Crippen LogP contribution in [0.1, 0.15) is 47.5 Å². The number of aliphatic hydroxyl groups excluding tert-OH is 1. The second-order valence-corrected chi connectivity index (χ2v) is 5.71. The minimum atomic E-state index is -0.443. The van der Waals surface area contributed by atoms with E-state index in [1.54, 1.807) is 6.92 Å². The van der Waals surface area contributed by atoms with Crippen molar-refractivity contribution in [3.05, 3.63) is 0 Å². The molecule has 0 spiro atoms. The van der Waals surface area contributed by atoms with Gasteiger partial charge in [-0.1, -0.05) is 13.3 Å². The van der Waals surface area contributed by atoms with Crippen molar-refractivity contribution in [3.63, 3.8) is 0 Å². The molecule has 1 N–H and O–H groups in total. The SMILES string of the molecule is CCCCOCC(C)OCC(C)OCC(C)OCC(C)O. The van der Waals surface area contributed by atoms with Crippen molar-refractivity contribution < 1.29 is 24.1 Å². The van der Waals surface area contributed by atoms with Crippen LogP contribution in [0.3, 0.4) is 0 Å². The monoisotopic (exact) mass is 306 g/mol. The van der Waals surface area contributed by atoms with E-state index in [1.807, 2.05) is 20.8 Å². The Hall–Kier alpha value is -0.200. The molecule has 0 bridgehead atoms. The summed E-state index contributed by atoms with van der Waals surface area (Å²) in [6.45, 7) is 12.6. The number of rotatable bonds is 14. The van der Waals surface area contributed by atoms with E-state index >= 15 is 0 Å². The van der Waals surface area contributed by atoms with E-state index in [2.05, 4.69) is 6.92 Å². The Labute approximate surface area is 129 Å². The van der Waals surface area contributed by atoms with Gasteiger partial charge in [-0.25, -0.2) is 0 Å². The normalized spacial score (nSPS) is 17.4. The van der Waals surface area contributed by atoms with Crippen LogP contribution in [0, 0.1) is 0 Å². The Kier molecular flexibility index (Phi) is 13.3. The number of ether oxygens (including phenoxy) is 4. The highest BCUT2D eigenvalue weighted by Crippen LogP contribution is 2.01. The number of hydrogen-bond acceptors (Lipinski definition) is 5. The Balaban J connectivity index is 3.53. The molecule has 0 heterocycles. The molecular formula is C16H34O5. The summed E-state index contributed by atoms with van der Waals surface area (Å²) in [5.74, 6) is 0. The van der Waals surface area contributed by atoms with Crippen molar-refractivity contribution in [2.45, 2.75) is 71.9 Å². The lowest BCUT2D eigenvalue weighted by Crippen LogP contribution is -2.27. The molecule has 0 saturated carbocycles. The lowest BCUT2D eigenvalue weighted by Gasteiger charge is -2.20. The number of hydrogen-bond donors (Lipinski definition) is 1. The lowest BCUT2D eigenvalue weighted by atomic mass is 10.3. The van der Waals surface area contributed by atoms with Crippen LogP contribution in [0.25, 0.3) is 0 Å². The van der Waals surface area contributed by atoms with Crippen LogP contribution in [-0.2, 0) is 18.9 Å². The average molecular weight is 306 g/mol. The maximum absolute atomic E-state index is 9.13. The number of aliphatic hydroxyl groups is 1.